The van der Waals surface area contributed by atoms with Crippen LogP contribution in [-0.2, 0) is 14.3 Å². The number of carboxylic acid groups (broad SMARTS) is 1. The molecule has 0 aromatic heterocycles. The molecular weight excluding hydrogens is 312 g/mol. The Hall–Kier alpha value is -2.51. The molecule has 0 unspecified atom stereocenters. The fraction of sp³-hybridized carbons (Fsp3) is 0.400. The highest BCUT2D eigenvalue weighted by Gasteiger charge is 2.27. The standard InChI is InChI=1S/C15H17F2NO5/c1-3-23-15(22)8(2)6-12(14(20)21)18-13(19)10-5-4-9(16)7-11(10)17/h4-5,7-8,12H,3,6H2,1-2H3,(H,18,19)(H,20,21)/t8-,12+/m0/s1. The summed E-state index contributed by atoms with van der Waals surface area (Å²) in [5, 5.41) is 11.2. The molecule has 1 rings (SSSR count). The van der Waals surface area contributed by atoms with Crippen LogP contribution in [0.1, 0.15) is 30.6 Å². The van der Waals surface area contributed by atoms with Gasteiger partial charge in [-0.15, -0.1) is 0 Å². The number of benzene rings is 1. The minimum Gasteiger partial charge on any atom is -0.480 e. The number of carbonyl (C=O) groups is 3. The van der Waals surface area contributed by atoms with E-state index in [1.165, 1.54) is 6.92 Å². The number of rotatable bonds is 7. The Morgan fingerprint density at radius 1 is 1.30 bits per heavy atom. The Bertz CT molecular complexity index is 606. The molecule has 0 saturated heterocycles. The molecule has 1 aromatic carbocycles. The lowest BCUT2D eigenvalue weighted by molar-refractivity contribution is -0.148. The second-order valence-electron chi connectivity index (χ2n) is 4.88. The summed E-state index contributed by atoms with van der Waals surface area (Å²) < 4.78 is 31.1. The third-order valence-electron chi connectivity index (χ3n) is 3.06. The molecule has 1 amide bonds. The smallest absolute Gasteiger partial charge is 0.326 e. The van der Waals surface area contributed by atoms with Crippen molar-refractivity contribution in [3.63, 3.8) is 0 Å². The number of amides is 1. The largest absolute Gasteiger partial charge is 0.480 e. The van der Waals surface area contributed by atoms with Crippen molar-refractivity contribution in [3.05, 3.63) is 35.4 Å². The predicted molar refractivity (Wildman–Crippen MR) is 75.7 cm³/mol. The lowest BCUT2D eigenvalue weighted by Gasteiger charge is -2.18. The summed E-state index contributed by atoms with van der Waals surface area (Å²) in [5.74, 6) is -5.71. The molecule has 6 nitrogen and oxygen atoms in total. The van der Waals surface area contributed by atoms with Crippen LogP contribution in [-0.4, -0.2) is 35.6 Å². The molecule has 2 atom stereocenters. The van der Waals surface area contributed by atoms with Crippen LogP contribution in [0.3, 0.4) is 0 Å². The number of carbonyl (C=O) groups excluding carboxylic acids is 2. The van der Waals surface area contributed by atoms with E-state index in [2.05, 4.69) is 5.32 Å². The van der Waals surface area contributed by atoms with Gasteiger partial charge in [0, 0.05) is 6.07 Å². The molecule has 0 spiro atoms. The van der Waals surface area contributed by atoms with E-state index in [0.717, 1.165) is 12.1 Å². The van der Waals surface area contributed by atoms with Crippen LogP contribution in [0.15, 0.2) is 18.2 Å². The van der Waals surface area contributed by atoms with E-state index in [9.17, 15) is 23.2 Å². The summed E-state index contributed by atoms with van der Waals surface area (Å²) in [7, 11) is 0. The molecule has 0 aliphatic carbocycles. The maximum absolute atomic E-state index is 13.5. The lowest BCUT2D eigenvalue weighted by Crippen LogP contribution is -2.43. The number of aliphatic carboxylic acids is 1. The Morgan fingerprint density at radius 3 is 2.48 bits per heavy atom. The minimum atomic E-state index is -1.41. The summed E-state index contributed by atoms with van der Waals surface area (Å²) in [6.07, 6.45) is -0.220. The van der Waals surface area contributed by atoms with Gasteiger partial charge in [-0.1, -0.05) is 6.92 Å². The van der Waals surface area contributed by atoms with Crippen molar-refractivity contribution < 1.29 is 33.0 Å². The Morgan fingerprint density at radius 2 is 1.96 bits per heavy atom. The molecule has 0 radical (unpaired) electrons. The Kier molecular flexibility index (Phi) is 6.62. The molecule has 0 bridgehead atoms. The fourth-order valence-electron chi connectivity index (χ4n) is 1.87. The Balaban J connectivity index is 2.81. The number of halogens is 2. The van der Waals surface area contributed by atoms with Crippen LogP contribution < -0.4 is 5.32 Å². The highest BCUT2D eigenvalue weighted by Crippen LogP contribution is 2.12. The average molecular weight is 329 g/mol. The summed E-state index contributed by atoms with van der Waals surface area (Å²) in [6, 6.07) is 0.903. The number of hydrogen-bond acceptors (Lipinski definition) is 4. The monoisotopic (exact) mass is 329 g/mol. The summed E-state index contributed by atoms with van der Waals surface area (Å²) >= 11 is 0. The van der Waals surface area contributed by atoms with Crippen molar-refractivity contribution in [1.82, 2.24) is 5.32 Å². The SMILES string of the molecule is CCOC(=O)[C@@H](C)C[C@@H](NC(=O)c1ccc(F)cc1F)C(=O)O. The molecular formula is C15H17F2NO5. The highest BCUT2D eigenvalue weighted by atomic mass is 19.1. The predicted octanol–water partition coefficient (Wildman–Crippen LogP) is 1.74. The van der Waals surface area contributed by atoms with Crippen molar-refractivity contribution in [2.24, 2.45) is 5.92 Å². The van der Waals surface area contributed by atoms with E-state index < -0.39 is 47.0 Å². The zero-order chi connectivity index (χ0) is 17.6. The van der Waals surface area contributed by atoms with Crippen LogP contribution in [0.2, 0.25) is 0 Å². The molecule has 0 heterocycles. The minimum absolute atomic E-state index is 0.147. The van der Waals surface area contributed by atoms with E-state index in [1.54, 1.807) is 6.92 Å². The molecule has 0 aliphatic rings. The van der Waals surface area contributed by atoms with Gasteiger partial charge in [0.15, 0.2) is 0 Å². The molecule has 8 heteroatoms. The lowest BCUT2D eigenvalue weighted by atomic mass is 10.0. The molecule has 0 aliphatic heterocycles. The summed E-state index contributed by atoms with van der Waals surface area (Å²) in [5.41, 5.74) is -0.485. The van der Waals surface area contributed by atoms with Gasteiger partial charge in [-0.25, -0.2) is 13.6 Å². The number of carboxylic acids is 1. The third kappa shape index (κ3) is 5.32. The average Bonchev–Trinajstić information content (AvgIpc) is 2.46. The van der Waals surface area contributed by atoms with Crippen molar-refractivity contribution in [2.45, 2.75) is 26.3 Å². The van der Waals surface area contributed by atoms with E-state index in [1.807, 2.05) is 0 Å². The highest BCUT2D eigenvalue weighted by molar-refractivity contribution is 5.96. The van der Waals surface area contributed by atoms with Crippen molar-refractivity contribution in [1.29, 1.82) is 0 Å². The number of esters is 1. The van der Waals surface area contributed by atoms with Crippen LogP contribution in [0.5, 0.6) is 0 Å². The van der Waals surface area contributed by atoms with Gasteiger partial charge in [0.25, 0.3) is 5.91 Å². The van der Waals surface area contributed by atoms with Crippen molar-refractivity contribution in [2.75, 3.05) is 6.61 Å². The van der Waals surface area contributed by atoms with Gasteiger partial charge in [-0.3, -0.25) is 9.59 Å². The maximum Gasteiger partial charge on any atom is 0.326 e. The van der Waals surface area contributed by atoms with Crippen molar-refractivity contribution in [3.8, 4) is 0 Å². The maximum atomic E-state index is 13.5. The van der Waals surface area contributed by atoms with Crippen LogP contribution in [0.25, 0.3) is 0 Å². The van der Waals surface area contributed by atoms with Gasteiger partial charge in [0.05, 0.1) is 18.1 Å². The van der Waals surface area contributed by atoms with Crippen LogP contribution in [0, 0.1) is 17.6 Å². The van der Waals surface area contributed by atoms with E-state index in [4.69, 9.17) is 9.84 Å². The summed E-state index contributed by atoms with van der Waals surface area (Å²) in [6.45, 7) is 3.21. The second-order valence-corrected chi connectivity index (χ2v) is 4.88. The number of nitrogens with one attached hydrogen (secondary N) is 1. The molecule has 2 N–H and O–H groups in total. The molecule has 0 saturated carbocycles. The molecule has 1 aromatic rings. The topological polar surface area (TPSA) is 92.7 Å². The first-order valence-corrected chi connectivity index (χ1v) is 6.91. The van der Waals surface area contributed by atoms with Gasteiger partial charge in [0.1, 0.15) is 17.7 Å². The van der Waals surface area contributed by atoms with Crippen LogP contribution >= 0.6 is 0 Å². The quantitative estimate of drug-likeness (QED) is 0.743. The van der Waals surface area contributed by atoms with Gasteiger partial charge in [0.2, 0.25) is 0 Å². The zero-order valence-corrected chi connectivity index (χ0v) is 12.6. The van der Waals surface area contributed by atoms with E-state index >= 15 is 0 Å². The molecule has 126 valence electrons. The first-order valence-electron chi connectivity index (χ1n) is 6.91. The van der Waals surface area contributed by atoms with Gasteiger partial charge in [-0.2, -0.15) is 0 Å². The van der Waals surface area contributed by atoms with Crippen LogP contribution in [0.4, 0.5) is 8.78 Å². The first kappa shape index (κ1) is 18.5. The third-order valence-corrected chi connectivity index (χ3v) is 3.06. The molecule has 0 fully saturated rings. The first-order chi connectivity index (χ1) is 10.8. The van der Waals surface area contributed by atoms with Crippen molar-refractivity contribution >= 4 is 17.8 Å². The van der Waals surface area contributed by atoms with Gasteiger partial charge >= 0.3 is 11.9 Å². The number of ether oxygens (including phenoxy) is 1. The fourth-order valence-corrected chi connectivity index (χ4v) is 1.87. The van der Waals surface area contributed by atoms with Gasteiger partial charge < -0.3 is 15.2 Å². The Labute approximate surface area is 131 Å². The second kappa shape index (κ2) is 8.21. The van der Waals surface area contributed by atoms with Gasteiger partial charge in [-0.05, 0) is 25.5 Å². The van der Waals surface area contributed by atoms with E-state index in [-0.39, 0.29) is 13.0 Å². The number of hydrogen-bond donors (Lipinski definition) is 2. The normalized spacial score (nSPS) is 13.0. The molecule has 23 heavy (non-hydrogen) atoms. The van der Waals surface area contributed by atoms with E-state index in [0.29, 0.717) is 6.07 Å². The summed E-state index contributed by atoms with van der Waals surface area (Å²) in [4.78, 5) is 34.6. The zero-order valence-electron chi connectivity index (χ0n) is 12.6.